The summed E-state index contributed by atoms with van der Waals surface area (Å²) in [5.41, 5.74) is 3.10. The smallest absolute Gasteiger partial charge is 0.0943 e. The highest BCUT2D eigenvalue weighted by atomic mass is 32.1. The largest absolute Gasteiger partial charge is 0.310 e. The van der Waals surface area contributed by atoms with Crippen LogP contribution in [0.2, 0.25) is 0 Å². The number of aromatic nitrogens is 3. The topological polar surface area (TPSA) is 50.7 Å². The van der Waals surface area contributed by atoms with Gasteiger partial charge in [0.15, 0.2) is 0 Å². The summed E-state index contributed by atoms with van der Waals surface area (Å²) in [6.45, 7) is 3.05. The van der Waals surface area contributed by atoms with Crippen LogP contribution in [0.5, 0.6) is 0 Å². The molecule has 0 saturated carbocycles. The van der Waals surface area contributed by atoms with E-state index in [-0.39, 0.29) is 6.04 Å². The number of nitrogens with zero attached hydrogens (tertiary/aromatic N) is 3. The van der Waals surface area contributed by atoms with Crippen LogP contribution in [0.25, 0.3) is 11.0 Å². The van der Waals surface area contributed by atoms with Crippen LogP contribution in [-0.2, 0) is 6.42 Å². The van der Waals surface area contributed by atoms with Gasteiger partial charge in [0.2, 0.25) is 0 Å². The number of likely N-dealkylation sites (N-methyl/N-ethyl adjacent to an activating group) is 1. The van der Waals surface area contributed by atoms with E-state index in [1.165, 1.54) is 5.56 Å². The molecule has 102 valence electrons. The van der Waals surface area contributed by atoms with Crippen LogP contribution < -0.4 is 5.32 Å². The Balaban J connectivity index is 1.91. The van der Waals surface area contributed by atoms with Crippen molar-refractivity contribution in [3.05, 3.63) is 52.7 Å². The van der Waals surface area contributed by atoms with Gasteiger partial charge in [0.25, 0.3) is 0 Å². The molecule has 1 N–H and O–H groups in total. The van der Waals surface area contributed by atoms with Crippen molar-refractivity contribution < 1.29 is 0 Å². The average molecular weight is 284 g/mol. The van der Waals surface area contributed by atoms with E-state index in [2.05, 4.69) is 39.3 Å². The van der Waals surface area contributed by atoms with Crippen molar-refractivity contribution in [1.29, 1.82) is 0 Å². The van der Waals surface area contributed by atoms with Crippen LogP contribution >= 0.6 is 11.3 Å². The maximum atomic E-state index is 4.38. The van der Waals surface area contributed by atoms with Gasteiger partial charge < -0.3 is 5.32 Å². The first-order chi connectivity index (χ1) is 9.86. The molecule has 0 aliphatic rings. The van der Waals surface area contributed by atoms with Crippen molar-refractivity contribution in [3.8, 4) is 0 Å². The highest BCUT2D eigenvalue weighted by Gasteiger charge is 2.13. The fraction of sp³-hybridized carbons (Fsp3) is 0.267. The predicted molar refractivity (Wildman–Crippen MR) is 81.8 cm³/mol. The van der Waals surface area contributed by atoms with E-state index in [0.29, 0.717) is 0 Å². The Bertz CT molecular complexity index is 681. The zero-order valence-corrected chi connectivity index (χ0v) is 12.1. The van der Waals surface area contributed by atoms with Gasteiger partial charge >= 0.3 is 0 Å². The summed E-state index contributed by atoms with van der Waals surface area (Å²) >= 11 is 1.70. The van der Waals surface area contributed by atoms with Gasteiger partial charge in [-0.25, -0.2) is 4.98 Å². The van der Waals surface area contributed by atoms with Crippen LogP contribution in [-0.4, -0.2) is 21.5 Å². The Morgan fingerprint density at radius 3 is 2.70 bits per heavy atom. The third kappa shape index (κ3) is 2.84. The Morgan fingerprint density at radius 2 is 1.95 bits per heavy atom. The minimum atomic E-state index is 0.262. The van der Waals surface area contributed by atoms with Gasteiger partial charge in [0, 0.05) is 36.4 Å². The molecule has 1 aromatic carbocycles. The molecule has 4 nitrogen and oxygen atoms in total. The number of rotatable bonds is 5. The molecule has 1 unspecified atom stereocenters. The summed E-state index contributed by atoms with van der Waals surface area (Å²) < 4.78 is 0. The molecule has 0 spiro atoms. The zero-order chi connectivity index (χ0) is 13.8. The fourth-order valence-corrected chi connectivity index (χ4v) is 2.94. The molecule has 20 heavy (non-hydrogen) atoms. The minimum absolute atomic E-state index is 0.262. The number of hydrogen-bond donors (Lipinski definition) is 1. The lowest BCUT2D eigenvalue weighted by molar-refractivity contribution is 0.549. The van der Waals surface area contributed by atoms with E-state index in [1.54, 1.807) is 23.7 Å². The third-order valence-electron chi connectivity index (χ3n) is 3.21. The quantitative estimate of drug-likeness (QED) is 0.782. The first-order valence-electron chi connectivity index (χ1n) is 6.69. The maximum Gasteiger partial charge on any atom is 0.0943 e. The second-order valence-corrected chi connectivity index (χ2v) is 5.52. The highest BCUT2D eigenvalue weighted by Crippen LogP contribution is 2.22. The zero-order valence-electron chi connectivity index (χ0n) is 11.3. The van der Waals surface area contributed by atoms with Gasteiger partial charge in [0.1, 0.15) is 0 Å². The lowest BCUT2D eigenvalue weighted by Crippen LogP contribution is -2.22. The molecule has 2 aromatic heterocycles. The summed E-state index contributed by atoms with van der Waals surface area (Å²) in [6.07, 6.45) is 6.21. The molecule has 0 bridgehead atoms. The molecule has 0 radical (unpaired) electrons. The average Bonchev–Trinajstić information content (AvgIpc) is 2.99. The first kappa shape index (κ1) is 13.1. The van der Waals surface area contributed by atoms with E-state index < -0.39 is 0 Å². The molecule has 3 aromatic rings. The van der Waals surface area contributed by atoms with Crippen molar-refractivity contribution in [3.63, 3.8) is 0 Å². The second kappa shape index (κ2) is 6.07. The molecular weight excluding hydrogens is 268 g/mol. The number of nitrogens with one attached hydrogen (secondary N) is 1. The maximum absolute atomic E-state index is 4.38. The van der Waals surface area contributed by atoms with Gasteiger partial charge in [-0.1, -0.05) is 13.0 Å². The SMILES string of the molecule is CCNC(Cc1nccs1)c1ccc2nccnc2c1. The summed E-state index contributed by atoms with van der Waals surface area (Å²) in [4.78, 5) is 13.1. The van der Waals surface area contributed by atoms with Crippen molar-refractivity contribution in [2.24, 2.45) is 0 Å². The fourth-order valence-electron chi connectivity index (χ4n) is 2.28. The summed E-state index contributed by atoms with van der Waals surface area (Å²) in [5.74, 6) is 0. The van der Waals surface area contributed by atoms with Gasteiger partial charge in [0.05, 0.1) is 16.0 Å². The second-order valence-electron chi connectivity index (χ2n) is 4.54. The van der Waals surface area contributed by atoms with E-state index in [0.717, 1.165) is 29.0 Å². The Hall–Kier alpha value is -1.85. The molecular formula is C15H16N4S. The van der Waals surface area contributed by atoms with E-state index in [9.17, 15) is 0 Å². The molecule has 3 rings (SSSR count). The van der Waals surface area contributed by atoms with Gasteiger partial charge in [-0.3, -0.25) is 9.97 Å². The molecule has 5 heteroatoms. The molecule has 0 saturated heterocycles. The van der Waals surface area contributed by atoms with Crippen LogP contribution in [0.4, 0.5) is 0 Å². The molecule has 0 fully saturated rings. The first-order valence-corrected chi connectivity index (χ1v) is 7.57. The van der Waals surface area contributed by atoms with Crippen LogP contribution in [0.15, 0.2) is 42.2 Å². The van der Waals surface area contributed by atoms with Gasteiger partial charge in [-0.2, -0.15) is 0 Å². The Kier molecular flexibility index (Phi) is 3.99. The standard InChI is InChI=1S/C15H16N4S/c1-2-16-13(10-15-19-7-8-20-15)11-3-4-12-14(9-11)18-6-5-17-12/h3-9,13,16H,2,10H2,1H3. The third-order valence-corrected chi connectivity index (χ3v) is 4.01. The van der Waals surface area contributed by atoms with Crippen molar-refractivity contribution in [1.82, 2.24) is 20.3 Å². The minimum Gasteiger partial charge on any atom is -0.310 e. The highest BCUT2D eigenvalue weighted by molar-refractivity contribution is 7.09. The molecule has 0 aliphatic carbocycles. The summed E-state index contributed by atoms with van der Waals surface area (Å²) in [7, 11) is 0. The van der Waals surface area contributed by atoms with Crippen molar-refractivity contribution >= 4 is 22.4 Å². The molecule has 0 aliphatic heterocycles. The lowest BCUT2D eigenvalue weighted by atomic mass is 10.0. The normalized spacial score (nSPS) is 12.7. The van der Waals surface area contributed by atoms with Gasteiger partial charge in [-0.05, 0) is 24.2 Å². The van der Waals surface area contributed by atoms with E-state index >= 15 is 0 Å². The van der Waals surface area contributed by atoms with Crippen LogP contribution in [0.3, 0.4) is 0 Å². The summed E-state index contributed by atoms with van der Waals surface area (Å²) in [5, 5.41) is 6.69. The predicted octanol–water partition coefficient (Wildman–Crippen LogP) is 2.98. The number of benzene rings is 1. The Labute approximate surface area is 121 Å². The monoisotopic (exact) mass is 284 g/mol. The van der Waals surface area contributed by atoms with E-state index in [1.807, 2.05) is 17.6 Å². The van der Waals surface area contributed by atoms with Crippen LogP contribution in [0.1, 0.15) is 23.5 Å². The number of fused-ring (bicyclic) bond motifs is 1. The van der Waals surface area contributed by atoms with Crippen LogP contribution in [0, 0.1) is 0 Å². The summed E-state index contributed by atoms with van der Waals surface area (Å²) in [6, 6.07) is 6.53. The Morgan fingerprint density at radius 1 is 1.10 bits per heavy atom. The molecule has 0 amide bonds. The van der Waals surface area contributed by atoms with Crippen molar-refractivity contribution in [2.75, 3.05) is 6.54 Å². The van der Waals surface area contributed by atoms with Crippen molar-refractivity contribution in [2.45, 2.75) is 19.4 Å². The lowest BCUT2D eigenvalue weighted by Gasteiger charge is -2.17. The van der Waals surface area contributed by atoms with E-state index in [4.69, 9.17) is 0 Å². The number of hydrogen-bond acceptors (Lipinski definition) is 5. The molecule has 1 atom stereocenters. The molecule has 2 heterocycles. The van der Waals surface area contributed by atoms with Gasteiger partial charge in [-0.15, -0.1) is 11.3 Å². The number of thiazole rings is 1.